The number of thioether (sulfide) groups is 1. The number of halogens is 3. The summed E-state index contributed by atoms with van der Waals surface area (Å²) < 4.78 is 41.3. The molecule has 0 bridgehead atoms. The van der Waals surface area contributed by atoms with Crippen molar-refractivity contribution < 1.29 is 18.0 Å². The molecule has 0 atom stereocenters. The summed E-state index contributed by atoms with van der Waals surface area (Å²) in [5.41, 5.74) is -0.301. The SMILES string of the molecule is CC1CCN(C(=O)CSc2nnc(CNc3cccc(C(F)(F)F)c3)n2C2CCCCC2)CC1. The summed E-state index contributed by atoms with van der Waals surface area (Å²) in [5.74, 6) is 1.79. The van der Waals surface area contributed by atoms with E-state index in [0.29, 0.717) is 28.3 Å². The van der Waals surface area contributed by atoms with E-state index < -0.39 is 11.7 Å². The van der Waals surface area contributed by atoms with Crippen molar-refractivity contribution in [2.75, 3.05) is 24.2 Å². The number of hydrogen-bond acceptors (Lipinski definition) is 5. The van der Waals surface area contributed by atoms with Gasteiger partial charge in [0, 0.05) is 24.8 Å². The molecule has 2 aliphatic rings. The molecule has 4 rings (SSSR count). The van der Waals surface area contributed by atoms with Crippen LogP contribution in [0.25, 0.3) is 0 Å². The Balaban J connectivity index is 1.45. The van der Waals surface area contributed by atoms with Crippen molar-refractivity contribution in [3.05, 3.63) is 35.7 Å². The summed E-state index contributed by atoms with van der Waals surface area (Å²) in [6.07, 6.45) is 3.17. The molecule has 0 unspecified atom stereocenters. The monoisotopic (exact) mass is 495 g/mol. The van der Waals surface area contributed by atoms with Crippen LogP contribution in [0.15, 0.2) is 29.4 Å². The van der Waals surface area contributed by atoms with E-state index in [-0.39, 0.29) is 18.5 Å². The lowest BCUT2D eigenvalue weighted by molar-refractivity contribution is -0.137. The Kier molecular flexibility index (Phi) is 8.06. The summed E-state index contributed by atoms with van der Waals surface area (Å²) in [5, 5.41) is 12.5. The van der Waals surface area contributed by atoms with Gasteiger partial charge in [-0.05, 0) is 49.8 Å². The first kappa shape index (κ1) is 24.9. The molecule has 10 heteroatoms. The lowest BCUT2D eigenvalue weighted by Gasteiger charge is -2.30. The third kappa shape index (κ3) is 6.25. The van der Waals surface area contributed by atoms with E-state index in [0.717, 1.165) is 63.7 Å². The van der Waals surface area contributed by atoms with E-state index in [1.54, 1.807) is 6.07 Å². The van der Waals surface area contributed by atoms with E-state index >= 15 is 0 Å². The van der Waals surface area contributed by atoms with Gasteiger partial charge in [-0.1, -0.05) is 44.0 Å². The molecule has 2 aromatic rings. The number of likely N-dealkylation sites (tertiary alicyclic amines) is 1. The first-order valence-electron chi connectivity index (χ1n) is 12.1. The molecular weight excluding hydrogens is 463 g/mol. The highest BCUT2D eigenvalue weighted by atomic mass is 32.2. The molecule has 1 aliphatic heterocycles. The second kappa shape index (κ2) is 11.0. The zero-order chi connectivity index (χ0) is 24.1. The molecule has 6 nitrogen and oxygen atoms in total. The number of alkyl halides is 3. The van der Waals surface area contributed by atoms with Crippen molar-refractivity contribution in [1.82, 2.24) is 19.7 Å². The minimum Gasteiger partial charge on any atom is -0.378 e. The summed E-state index contributed by atoms with van der Waals surface area (Å²) in [4.78, 5) is 14.7. The highest BCUT2D eigenvalue weighted by molar-refractivity contribution is 7.99. The zero-order valence-corrected chi connectivity index (χ0v) is 20.3. The number of nitrogens with zero attached hydrogens (tertiary/aromatic N) is 4. The lowest BCUT2D eigenvalue weighted by atomic mass is 9.95. The molecule has 1 aromatic heterocycles. The van der Waals surface area contributed by atoms with E-state index in [9.17, 15) is 18.0 Å². The zero-order valence-electron chi connectivity index (χ0n) is 19.5. The Morgan fingerprint density at radius 2 is 1.85 bits per heavy atom. The predicted molar refractivity (Wildman–Crippen MR) is 127 cm³/mol. The number of anilines is 1. The van der Waals surface area contributed by atoms with E-state index in [1.165, 1.54) is 24.2 Å². The van der Waals surface area contributed by atoms with Gasteiger partial charge in [0.1, 0.15) is 0 Å². The number of amides is 1. The van der Waals surface area contributed by atoms with Gasteiger partial charge >= 0.3 is 6.18 Å². The summed E-state index contributed by atoms with van der Waals surface area (Å²) in [6, 6.07) is 5.42. The highest BCUT2D eigenvalue weighted by Crippen LogP contribution is 2.34. The van der Waals surface area contributed by atoms with Crippen molar-refractivity contribution >= 4 is 23.4 Å². The molecule has 186 valence electrons. The quantitative estimate of drug-likeness (QED) is 0.495. The maximum Gasteiger partial charge on any atom is 0.416 e. The molecule has 2 fully saturated rings. The van der Waals surface area contributed by atoms with Gasteiger partial charge in [0.05, 0.1) is 17.9 Å². The summed E-state index contributed by atoms with van der Waals surface area (Å²) in [7, 11) is 0. The number of nitrogens with one attached hydrogen (secondary N) is 1. The van der Waals surface area contributed by atoms with Crippen LogP contribution in [-0.4, -0.2) is 44.4 Å². The fourth-order valence-corrected chi connectivity index (χ4v) is 5.62. The van der Waals surface area contributed by atoms with Crippen LogP contribution < -0.4 is 5.32 Å². The number of rotatable bonds is 7. The van der Waals surface area contributed by atoms with Gasteiger partial charge in [0.15, 0.2) is 11.0 Å². The fourth-order valence-electron chi connectivity index (χ4n) is 4.69. The molecule has 1 aliphatic carbocycles. The molecule has 1 N–H and O–H groups in total. The number of carbonyl (C=O) groups excluding carboxylic acids is 1. The highest BCUT2D eigenvalue weighted by Gasteiger charge is 2.30. The topological polar surface area (TPSA) is 63.1 Å². The third-order valence-corrected chi connectivity index (χ3v) is 7.70. The lowest BCUT2D eigenvalue weighted by Crippen LogP contribution is -2.39. The van der Waals surface area contributed by atoms with Crippen LogP contribution in [0, 0.1) is 5.92 Å². The normalized spacial score (nSPS) is 18.3. The van der Waals surface area contributed by atoms with Crippen LogP contribution >= 0.6 is 11.8 Å². The van der Waals surface area contributed by atoms with Gasteiger partial charge < -0.3 is 14.8 Å². The molecular formula is C24H32F3N5OS. The van der Waals surface area contributed by atoms with Crippen LogP contribution in [0.2, 0.25) is 0 Å². The van der Waals surface area contributed by atoms with Gasteiger partial charge in [0.25, 0.3) is 0 Å². The maximum absolute atomic E-state index is 13.1. The molecule has 34 heavy (non-hydrogen) atoms. The first-order chi connectivity index (χ1) is 16.3. The van der Waals surface area contributed by atoms with Gasteiger partial charge in [-0.15, -0.1) is 10.2 Å². The third-order valence-electron chi connectivity index (χ3n) is 6.78. The number of carbonyl (C=O) groups is 1. The van der Waals surface area contributed by atoms with Crippen molar-refractivity contribution in [2.45, 2.75) is 75.8 Å². The Morgan fingerprint density at radius 1 is 1.12 bits per heavy atom. The van der Waals surface area contributed by atoms with Crippen LogP contribution in [0.1, 0.15) is 69.3 Å². The average Bonchev–Trinajstić information content (AvgIpc) is 3.24. The molecule has 2 heterocycles. The van der Waals surface area contributed by atoms with Crippen LogP contribution in [0.5, 0.6) is 0 Å². The van der Waals surface area contributed by atoms with Gasteiger partial charge in [0.2, 0.25) is 5.91 Å². The van der Waals surface area contributed by atoms with Crippen LogP contribution in [0.4, 0.5) is 18.9 Å². The Labute approximate surface area is 202 Å². The smallest absolute Gasteiger partial charge is 0.378 e. The number of benzene rings is 1. The first-order valence-corrected chi connectivity index (χ1v) is 13.1. The van der Waals surface area contributed by atoms with Crippen molar-refractivity contribution in [2.24, 2.45) is 5.92 Å². The summed E-state index contributed by atoms with van der Waals surface area (Å²) >= 11 is 1.41. The fraction of sp³-hybridized carbons (Fsp3) is 0.625. The molecule has 1 aromatic carbocycles. The largest absolute Gasteiger partial charge is 0.416 e. The molecule has 0 radical (unpaired) electrons. The van der Waals surface area contributed by atoms with Gasteiger partial charge in [-0.2, -0.15) is 13.2 Å². The van der Waals surface area contributed by atoms with E-state index in [1.807, 2.05) is 4.90 Å². The van der Waals surface area contributed by atoms with Gasteiger partial charge in [-0.25, -0.2) is 0 Å². The van der Waals surface area contributed by atoms with Gasteiger partial charge in [-0.3, -0.25) is 4.79 Å². The second-order valence-electron chi connectivity index (χ2n) is 9.34. The minimum absolute atomic E-state index is 0.124. The van der Waals surface area contributed by atoms with Crippen LogP contribution in [0.3, 0.4) is 0 Å². The molecule has 1 amide bonds. The predicted octanol–water partition coefficient (Wildman–Crippen LogP) is 5.76. The summed E-state index contributed by atoms with van der Waals surface area (Å²) in [6.45, 7) is 4.10. The Bertz CT molecular complexity index is 966. The maximum atomic E-state index is 13.1. The molecule has 0 spiro atoms. The Morgan fingerprint density at radius 3 is 2.56 bits per heavy atom. The van der Waals surface area contributed by atoms with Crippen LogP contribution in [-0.2, 0) is 17.5 Å². The minimum atomic E-state index is -4.39. The molecule has 1 saturated heterocycles. The van der Waals surface area contributed by atoms with Crippen molar-refractivity contribution in [1.29, 1.82) is 0 Å². The second-order valence-corrected chi connectivity index (χ2v) is 10.3. The number of piperidine rings is 1. The molecule has 1 saturated carbocycles. The number of hydrogen-bond donors (Lipinski definition) is 1. The van der Waals surface area contributed by atoms with E-state index in [2.05, 4.69) is 27.0 Å². The van der Waals surface area contributed by atoms with Crippen molar-refractivity contribution in [3.8, 4) is 0 Å². The number of aromatic nitrogens is 3. The Hall–Kier alpha value is -2.23. The van der Waals surface area contributed by atoms with Crippen molar-refractivity contribution in [3.63, 3.8) is 0 Å². The average molecular weight is 496 g/mol. The standard InChI is InChI=1S/C24H32F3N5OS/c1-17-10-12-31(13-11-17)22(33)16-34-23-30-29-21(32(23)20-8-3-2-4-9-20)15-28-19-7-5-6-18(14-19)24(25,26)27/h5-7,14,17,20,28H,2-4,8-13,15-16H2,1H3. The van der Waals surface area contributed by atoms with E-state index in [4.69, 9.17) is 0 Å².